The predicted octanol–water partition coefficient (Wildman–Crippen LogP) is 5.02. The summed E-state index contributed by atoms with van der Waals surface area (Å²) in [6.07, 6.45) is 10.9. The summed E-state index contributed by atoms with van der Waals surface area (Å²) in [5, 5.41) is 11.7. The molecule has 0 bridgehead atoms. The van der Waals surface area contributed by atoms with Crippen LogP contribution in [-0.2, 0) is 27.9 Å². The van der Waals surface area contributed by atoms with E-state index in [1.54, 1.807) is 28.9 Å². The van der Waals surface area contributed by atoms with Crippen molar-refractivity contribution >= 4 is 30.8 Å². The maximum Gasteiger partial charge on any atom is 0.459 e. The molecule has 2 aromatic heterocycles. The Labute approximate surface area is 273 Å². The monoisotopic (exact) mass is 686 g/mol. The predicted molar refractivity (Wildman–Crippen MR) is 171 cm³/mol. The zero-order valence-corrected chi connectivity index (χ0v) is 28.0. The third-order valence-electron chi connectivity index (χ3n) is 7.05. The number of halogens is 2. The van der Waals surface area contributed by atoms with Gasteiger partial charge in [0.05, 0.1) is 26.1 Å². The summed E-state index contributed by atoms with van der Waals surface area (Å²) in [6, 6.07) is -1.02. The van der Waals surface area contributed by atoms with E-state index in [0.29, 0.717) is 30.1 Å². The van der Waals surface area contributed by atoms with E-state index in [4.69, 9.17) is 29.0 Å². The Balaban J connectivity index is 0.000000284. The van der Waals surface area contributed by atoms with Gasteiger partial charge in [-0.05, 0) is 65.0 Å². The van der Waals surface area contributed by atoms with E-state index in [1.807, 2.05) is 13.0 Å². The molecule has 0 amide bonds. The molecule has 14 nitrogen and oxygen atoms in total. The number of nitrogens with two attached hydrogens (primary N) is 1. The van der Waals surface area contributed by atoms with E-state index in [2.05, 4.69) is 20.0 Å². The van der Waals surface area contributed by atoms with Crippen molar-refractivity contribution in [1.29, 1.82) is 0 Å². The number of aliphatic hydroxyl groups is 1. The highest BCUT2D eigenvalue weighted by Crippen LogP contribution is 2.47. The van der Waals surface area contributed by atoms with Crippen molar-refractivity contribution in [3.05, 3.63) is 42.5 Å². The van der Waals surface area contributed by atoms with Gasteiger partial charge in [-0.15, -0.1) is 0 Å². The molecule has 0 spiro atoms. The summed E-state index contributed by atoms with van der Waals surface area (Å²) < 4.78 is 68.0. The number of carbonyl (C=O) groups excluding carboxylic acids is 1. The number of nitrogen functional groups attached to an aromatic ring is 1. The highest BCUT2D eigenvalue weighted by Gasteiger charge is 2.35. The zero-order chi connectivity index (χ0) is 34.4. The van der Waals surface area contributed by atoms with Gasteiger partial charge >= 0.3 is 13.7 Å². The van der Waals surface area contributed by atoms with Gasteiger partial charge in [-0.3, -0.25) is 13.9 Å². The molecular formula is C30H45F2N6O8P. The minimum Gasteiger partial charge on any atom is -0.476 e. The first-order chi connectivity index (χ1) is 22.5. The summed E-state index contributed by atoms with van der Waals surface area (Å²) in [6.45, 7) is 3.82. The highest BCUT2D eigenvalue weighted by atomic mass is 31.2. The topological polar surface area (TPSA) is 182 Å². The van der Waals surface area contributed by atoms with Crippen LogP contribution >= 0.6 is 7.75 Å². The van der Waals surface area contributed by atoms with Crippen molar-refractivity contribution in [3.8, 4) is 5.88 Å². The largest absolute Gasteiger partial charge is 0.476 e. The van der Waals surface area contributed by atoms with Crippen LogP contribution in [0.15, 0.2) is 42.5 Å². The van der Waals surface area contributed by atoms with Gasteiger partial charge in [-0.25, -0.2) is 18.3 Å². The molecule has 1 saturated carbocycles. The van der Waals surface area contributed by atoms with E-state index < -0.39 is 44.9 Å². The van der Waals surface area contributed by atoms with Gasteiger partial charge in [-0.1, -0.05) is 24.6 Å². The molecular weight excluding hydrogens is 641 g/mol. The van der Waals surface area contributed by atoms with Crippen LogP contribution in [0.4, 0.5) is 14.7 Å². The van der Waals surface area contributed by atoms with Crippen molar-refractivity contribution in [3.63, 3.8) is 0 Å². The average molecular weight is 687 g/mol. The van der Waals surface area contributed by atoms with E-state index in [9.17, 15) is 23.2 Å². The van der Waals surface area contributed by atoms with Crippen molar-refractivity contribution in [2.24, 2.45) is 0 Å². The van der Waals surface area contributed by atoms with Gasteiger partial charge in [0, 0.05) is 7.11 Å². The van der Waals surface area contributed by atoms with E-state index in [0.717, 1.165) is 39.0 Å². The zero-order valence-electron chi connectivity index (χ0n) is 27.1. The summed E-state index contributed by atoms with van der Waals surface area (Å²) >= 11 is 0. The number of anilines is 1. The molecule has 0 saturated heterocycles. The molecule has 5 atom stereocenters. The number of esters is 1. The van der Waals surface area contributed by atoms with Crippen LogP contribution in [0.3, 0.4) is 0 Å². The van der Waals surface area contributed by atoms with Crippen molar-refractivity contribution < 1.29 is 46.5 Å². The smallest absolute Gasteiger partial charge is 0.459 e. The molecule has 47 heavy (non-hydrogen) atoms. The van der Waals surface area contributed by atoms with Crippen molar-refractivity contribution in [2.75, 3.05) is 32.7 Å². The molecule has 2 aliphatic carbocycles. The Morgan fingerprint density at radius 2 is 1.96 bits per heavy atom. The van der Waals surface area contributed by atoms with Crippen LogP contribution < -0.4 is 15.6 Å². The third kappa shape index (κ3) is 11.6. The fourth-order valence-electron chi connectivity index (χ4n) is 4.52. The lowest BCUT2D eigenvalue weighted by atomic mass is 9.98. The van der Waals surface area contributed by atoms with Crippen LogP contribution in [0, 0.1) is 0 Å². The second-order valence-electron chi connectivity index (χ2n) is 10.8. The van der Waals surface area contributed by atoms with Crippen LogP contribution in [0.1, 0.15) is 65.5 Å². The molecule has 0 aromatic carbocycles. The molecule has 3 unspecified atom stereocenters. The van der Waals surface area contributed by atoms with Gasteiger partial charge < -0.3 is 29.6 Å². The van der Waals surface area contributed by atoms with E-state index in [-0.39, 0.29) is 24.4 Å². The number of nitrogens with zero attached hydrogens (tertiary/aromatic N) is 4. The fourth-order valence-corrected chi connectivity index (χ4v) is 6.02. The van der Waals surface area contributed by atoms with Crippen LogP contribution in [0.2, 0.25) is 0 Å². The number of imidazole rings is 1. The molecule has 2 aromatic rings. The number of hydrogen-bond acceptors (Lipinski definition) is 12. The number of fused-ring (bicyclic) bond motifs is 1. The van der Waals surface area contributed by atoms with Gasteiger partial charge in [0.2, 0.25) is 11.8 Å². The molecule has 4 rings (SSSR count). The second-order valence-corrected chi connectivity index (χ2v) is 12.5. The molecule has 17 heteroatoms. The molecule has 0 aliphatic heterocycles. The van der Waals surface area contributed by atoms with Crippen LogP contribution in [0.25, 0.3) is 11.2 Å². The number of methoxy groups -OCH3 is 1. The number of alkyl halides is 2. The Kier molecular flexibility index (Phi) is 15.2. The minimum absolute atomic E-state index is 0.0838. The molecule has 0 radical (unpaired) electrons. The number of carbonyl (C=O) groups is 1. The van der Waals surface area contributed by atoms with Crippen LogP contribution in [0.5, 0.6) is 5.88 Å². The summed E-state index contributed by atoms with van der Waals surface area (Å²) in [7, 11) is -2.69. The maximum absolute atomic E-state index is 13.7. The summed E-state index contributed by atoms with van der Waals surface area (Å²) in [5.41, 5.74) is 6.57. The van der Waals surface area contributed by atoms with Gasteiger partial charge in [0.1, 0.15) is 24.1 Å². The SMILES string of the molecule is CC(NP(=O)(OCC(F)[C@H](C)F)OC1=CC=CCC=C1)C(=O)OC1CCCCC1.CCOc1nc(N)nc2c1ncn2[C@@H](CO)OC. The Morgan fingerprint density at radius 3 is 2.62 bits per heavy atom. The molecule has 2 heterocycles. The number of aliphatic hydroxyl groups excluding tert-OH is 1. The molecule has 2 aliphatic rings. The normalized spacial score (nSPS) is 18.9. The summed E-state index contributed by atoms with van der Waals surface area (Å²) in [5.74, 6) is 0.0310. The highest BCUT2D eigenvalue weighted by molar-refractivity contribution is 7.51. The first-order valence-electron chi connectivity index (χ1n) is 15.5. The minimum atomic E-state index is -4.17. The van der Waals surface area contributed by atoms with Crippen molar-refractivity contribution in [2.45, 2.75) is 90.0 Å². The van der Waals surface area contributed by atoms with Gasteiger partial charge in [-0.2, -0.15) is 15.1 Å². The lowest BCUT2D eigenvalue weighted by Gasteiger charge is -2.26. The number of nitrogens with one attached hydrogen (secondary N) is 1. The second kappa shape index (κ2) is 18.8. The van der Waals surface area contributed by atoms with Gasteiger partial charge in [0.25, 0.3) is 0 Å². The summed E-state index contributed by atoms with van der Waals surface area (Å²) in [4.78, 5) is 24.6. The number of aromatic nitrogens is 4. The number of hydrogen-bond donors (Lipinski definition) is 3. The molecule has 4 N–H and O–H groups in total. The van der Waals surface area contributed by atoms with Crippen molar-refractivity contribution in [1.82, 2.24) is 24.6 Å². The Bertz CT molecular complexity index is 1430. The third-order valence-corrected chi connectivity index (χ3v) is 8.69. The first kappa shape index (κ1) is 38.0. The number of rotatable bonds is 15. The lowest BCUT2D eigenvalue weighted by molar-refractivity contribution is -0.152. The Morgan fingerprint density at radius 1 is 1.21 bits per heavy atom. The first-order valence-corrected chi connectivity index (χ1v) is 17.0. The standard InChI is InChI=1S/C20H30F2NO5P.C10H15N5O3/c1-15(21)19(22)14-26-29(25,28-18-12-6-3-4-7-13-18)23-16(2)20(24)27-17-10-8-5-9-11-17;1-3-18-9-7-8(13-10(11)14-9)15(5-12-7)6(4-16)17-2/h3,6-7,12-13,15-17,19H,4-5,8-11,14H2,1-2H3,(H,23,25);5-6,16H,3-4H2,1-2H3,(H2,11,13,14)/t15-,16?,19?,29?;6-/m01/s1. The molecule has 1 fully saturated rings. The van der Waals surface area contributed by atoms with E-state index in [1.165, 1.54) is 20.4 Å². The Hall–Kier alpha value is -3.43. The van der Waals surface area contributed by atoms with Crippen LogP contribution in [-0.4, -0.2) is 82.0 Å². The maximum atomic E-state index is 13.7. The lowest BCUT2D eigenvalue weighted by Crippen LogP contribution is -2.37. The average Bonchev–Trinajstić information content (AvgIpc) is 3.29. The fraction of sp³-hybridized carbons (Fsp3) is 0.600. The molecule has 262 valence electrons. The quantitative estimate of drug-likeness (QED) is 0.168. The number of allylic oxidation sites excluding steroid dienone is 5. The van der Waals surface area contributed by atoms with E-state index >= 15 is 0 Å². The van der Waals surface area contributed by atoms with Gasteiger partial charge in [0.15, 0.2) is 23.6 Å². The number of ether oxygens (including phenoxy) is 3.